The second kappa shape index (κ2) is 9.99. The molecule has 0 aromatic carbocycles. The highest BCUT2D eigenvalue weighted by atomic mass is 15.6. The minimum absolute atomic E-state index is 0.777. The van der Waals surface area contributed by atoms with Gasteiger partial charge in [0.25, 0.3) is 0 Å². The first-order valence-electron chi connectivity index (χ1n) is 9.53. The zero-order chi connectivity index (χ0) is 18.9. The lowest BCUT2D eigenvalue weighted by molar-refractivity contribution is 0.361. The molecule has 2 rings (SSSR count). The van der Waals surface area contributed by atoms with E-state index in [1.807, 2.05) is 37.7 Å². The van der Waals surface area contributed by atoms with Crippen LogP contribution >= 0.6 is 0 Å². The summed E-state index contributed by atoms with van der Waals surface area (Å²) < 4.78 is 2.15. The van der Waals surface area contributed by atoms with Crippen molar-refractivity contribution in [2.24, 2.45) is 9.98 Å². The second-order valence-electron chi connectivity index (χ2n) is 6.71. The van der Waals surface area contributed by atoms with Gasteiger partial charge in [-0.15, -0.1) is 0 Å². The average molecular weight is 360 g/mol. The number of hydrogen-bond acceptors (Lipinski definition) is 4. The van der Waals surface area contributed by atoms with Gasteiger partial charge in [0.05, 0.1) is 18.8 Å². The maximum atomic E-state index is 4.75. The minimum atomic E-state index is 0.777. The third-order valence-corrected chi connectivity index (χ3v) is 4.57. The van der Waals surface area contributed by atoms with Crippen LogP contribution in [0.25, 0.3) is 0 Å². The Bertz CT molecular complexity index is 657. The Labute approximate surface area is 157 Å². The molecule has 144 valence electrons. The summed E-state index contributed by atoms with van der Waals surface area (Å²) in [5.74, 6) is 1.88. The van der Waals surface area contributed by atoms with E-state index in [4.69, 9.17) is 4.99 Å². The number of aliphatic imine (C=N–C) groups is 2. The number of rotatable bonds is 8. The van der Waals surface area contributed by atoms with Crippen LogP contribution in [0.4, 0.5) is 0 Å². The molecule has 0 spiro atoms. The van der Waals surface area contributed by atoms with Gasteiger partial charge in [0.15, 0.2) is 0 Å². The van der Waals surface area contributed by atoms with Gasteiger partial charge in [0, 0.05) is 33.0 Å². The highest BCUT2D eigenvalue weighted by Gasteiger charge is 2.17. The molecule has 2 heterocycles. The van der Waals surface area contributed by atoms with Crippen LogP contribution in [0.5, 0.6) is 0 Å². The number of hydrazine groups is 1. The van der Waals surface area contributed by atoms with Crippen molar-refractivity contribution in [3.63, 3.8) is 0 Å². The first-order chi connectivity index (χ1) is 12.6. The Morgan fingerprint density at radius 2 is 2.15 bits per heavy atom. The summed E-state index contributed by atoms with van der Waals surface area (Å²) in [6, 6.07) is 0. The van der Waals surface area contributed by atoms with Crippen molar-refractivity contribution >= 4 is 12.3 Å². The summed E-state index contributed by atoms with van der Waals surface area (Å²) in [4.78, 5) is 15.6. The summed E-state index contributed by atoms with van der Waals surface area (Å²) in [7, 11) is 3.87. The maximum Gasteiger partial charge on any atom is 0.212 e. The Hall–Kier alpha value is -2.31. The molecule has 0 fully saturated rings. The molecule has 1 aliphatic heterocycles. The monoisotopic (exact) mass is 359 g/mol. The molecule has 0 saturated carbocycles. The van der Waals surface area contributed by atoms with E-state index in [1.54, 1.807) is 0 Å². The molecule has 1 aromatic heterocycles. The lowest BCUT2D eigenvalue weighted by atomic mass is 10.1. The smallest absolute Gasteiger partial charge is 0.212 e. The number of nitrogens with zero attached hydrogens (tertiary/aromatic N) is 6. The number of imidazole rings is 1. The van der Waals surface area contributed by atoms with Gasteiger partial charge in [0.1, 0.15) is 12.2 Å². The summed E-state index contributed by atoms with van der Waals surface area (Å²) in [6.45, 7) is 8.99. The van der Waals surface area contributed by atoms with Gasteiger partial charge < -0.3 is 9.47 Å². The summed E-state index contributed by atoms with van der Waals surface area (Å²) >= 11 is 0. The highest BCUT2D eigenvalue weighted by Crippen LogP contribution is 2.20. The largest absolute Gasteiger partial charge is 0.345 e. The van der Waals surface area contributed by atoms with Gasteiger partial charge in [-0.1, -0.05) is 20.3 Å². The maximum absolute atomic E-state index is 4.75. The summed E-state index contributed by atoms with van der Waals surface area (Å²) in [5.41, 5.74) is 5.92. The van der Waals surface area contributed by atoms with Gasteiger partial charge in [-0.05, 0) is 31.8 Å². The normalized spacial score (nSPS) is 15.0. The van der Waals surface area contributed by atoms with Crippen LogP contribution in [0.1, 0.15) is 45.4 Å². The first kappa shape index (κ1) is 20.0. The van der Waals surface area contributed by atoms with Crippen LogP contribution in [0.15, 0.2) is 33.6 Å². The molecule has 0 atom stereocenters. The molecule has 1 N–H and O–H groups in total. The van der Waals surface area contributed by atoms with Gasteiger partial charge in [-0.3, -0.25) is 15.4 Å². The number of unbranched alkanes of at least 4 members (excludes halogenated alkanes) is 1. The van der Waals surface area contributed by atoms with Gasteiger partial charge in [-0.2, -0.15) is 0 Å². The molecular weight excluding hydrogens is 326 g/mol. The Balaban J connectivity index is 2.09. The molecule has 7 nitrogen and oxygen atoms in total. The lowest BCUT2D eigenvalue weighted by Gasteiger charge is -2.31. The standard InChI is InChI=1S/C19H33N7/c1-6-8-9-17-13-26(23-19(20-4)24(5)11-7-2)15-22-18(17)14-25-12-10-21-16(25)3/h10,12,15H,6-9,11,13-14H2,1-5H3,(H,20,23). The molecule has 0 radical (unpaired) electrons. The molecule has 1 aliphatic rings. The van der Waals surface area contributed by atoms with E-state index in [0.717, 1.165) is 50.0 Å². The van der Waals surface area contributed by atoms with Gasteiger partial charge >= 0.3 is 0 Å². The number of guanidine groups is 1. The molecular formula is C19H33N7. The first-order valence-corrected chi connectivity index (χ1v) is 9.53. The number of aromatic nitrogens is 2. The predicted molar refractivity (Wildman–Crippen MR) is 108 cm³/mol. The molecule has 0 bridgehead atoms. The van der Waals surface area contributed by atoms with E-state index in [0.29, 0.717) is 0 Å². The van der Waals surface area contributed by atoms with Crippen molar-refractivity contribution in [3.05, 3.63) is 29.5 Å². The van der Waals surface area contributed by atoms with Crippen LogP contribution in [0.2, 0.25) is 0 Å². The zero-order valence-corrected chi connectivity index (χ0v) is 16.9. The summed E-state index contributed by atoms with van der Waals surface area (Å²) in [5, 5.41) is 2.03. The number of hydrogen-bond donors (Lipinski definition) is 1. The Morgan fingerprint density at radius 3 is 2.77 bits per heavy atom. The molecule has 0 amide bonds. The minimum Gasteiger partial charge on any atom is -0.345 e. The quantitative estimate of drug-likeness (QED) is 0.573. The number of nitrogens with one attached hydrogen (secondary N) is 1. The molecule has 1 aromatic rings. The molecule has 7 heteroatoms. The van der Waals surface area contributed by atoms with E-state index in [1.165, 1.54) is 18.4 Å². The average Bonchev–Trinajstić information content (AvgIpc) is 3.04. The zero-order valence-electron chi connectivity index (χ0n) is 16.9. The van der Waals surface area contributed by atoms with Crippen LogP contribution in [-0.4, -0.2) is 58.9 Å². The SMILES string of the molecule is CCCCC1=C(Cn2ccnc2C)N=CN(NC(=NC)N(C)CCC)C1. The molecule has 0 aliphatic carbocycles. The van der Waals surface area contributed by atoms with E-state index in [-0.39, 0.29) is 0 Å². The molecule has 26 heavy (non-hydrogen) atoms. The highest BCUT2D eigenvalue weighted by molar-refractivity contribution is 5.81. The number of aryl methyl sites for hydroxylation is 1. The fourth-order valence-corrected chi connectivity index (χ4v) is 3.01. The number of allylic oxidation sites excluding steroid dienone is 1. The fraction of sp³-hybridized carbons (Fsp3) is 0.632. The van der Waals surface area contributed by atoms with Crippen LogP contribution in [0, 0.1) is 6.92 Å². The van der Waals surface area contributed by atoms with Crippen LogP contribution in [-0.2, 0) is 6.54 Å². The van der Waals surface area contributed by atoms with Crippen LogP contribution in [0.3, 0.4) is 0 Å². The van der Waals surface area contributed by atoms with E-state index in [9.17, 15) is 0 Å². The van der Waals surface area contributed by atoms with E-state index >= 15 is 0 Å². The fourth-order valence-electron chi connectivity index (χ4n) is 3.01. The Kier molecular flexibility index (Phi) is 7.69. The van der Waals surface area contributed by atoms with Gasteiger partial charge in [0.2, 0.25) is 5.96 Å². The van der Waals surface area contributed by atoms with Crippen molar-refractivity contribution in [2.75, 3.05) is 27.2 Å². The van der Waals surface area contributed by atoms with Crippen molar-refractivity contribution in [1.82, 2.24) is 24.9 Å². The van der Waals surface area contributed by atoms with Gasteiger partial charge in [-0.25, -0.2) is 9.98 Å². The predicted octanol–water partition coefficient (Wildman–Crippen LogP) is 2.81. The third kappa shape index (κ3) is 5.34. The van der Waals surface area contributed by atoms with E-state index in [2.05, 4.69) is 45.8 Å². The second-order valence-corrected chi connectivity index (χ2v) is 6.71. The van der Waals surface area contributed by atoms with E-state index < -0.39 is 0 Å². The summed E-state index contributed by atoms with van der Waals surface area (Å²) in [6.07, 6.45) is 10.2. The third-order valence-electron chi connectivity index (χ3n) is 4.57. The van der Waals surface area contributed by atoms with Crippen LogP contribution < -0.4 is 5.43 Å². The molecule has 0 unspecified atom stereocenters. The van der Waals surface area contributed by atoms with Crippen molar-refractivity contribution in [3.8, 4) is 0 Å². The van der Waals surface area contributed by atoms with Crippen molar-refractivity contribution in [2.45, 2.75) is 53.0 Å². The molecule has 0 saturated heterocycles. The van der Waals surface area contributed by atoms with Crippen molar-refractivity contribution in [1.29, 1.82) is 0 Å². The Morgan fingerprint density at radius 1 is 1.35 bits per heavy atom. The van der Waals surface area contributed by atoms with Crippen molar-refractivity contribution < 1.29 is 0 Å². The topological polar surface area (TPSA) is 61.1 Å². The lowest BCUT2D eigenvalue weighted by Crippen LogP contribution is -2.50.